The van der Waals surface area contributed by atoms with Gasteiger partial charge >= 0.3 is 0 Å². The lowest BCUT2D eigenvalue weighted by Gasteiger charge is -2.23. The van der Waals surface area contributed by atoms with Crippen molar-refractivity contribution in [2.45, 2.75) is 18.9 Å². The van der Waals surface area contributed by atoms with E-state index in [4.69, 9.17) is 27.9 Å². The Balaban J connectivity index is 2.29. The summed E-state index contributed by atoms with van der Waals surface area (Å²) >= 11 is 12.1. The summed E-state index contributed by atoms with van der Waals surface area (Å²) in [5.41, 5.74) is 0.413. The van der Waals surface area contributed by atoms with Gasteiger partial charge in [0.2, 0.25) is 0 Å². The maximum Gasteiger partial charge on any atom is 0.254 e. The largest absolute Gasteiger partial charge is 0.494 e. The van der Waals surface area contributed by atoms with Gasteiger partial charge in [-0.3, -0.25) is 4.79 Å². The molecule has 0 saturated carbocycles. The van der Waals surface area contributed by atoms with Crippen LogP contribution >= 0.6 is 23.2 Å². The second kappa shape index (κ2) is 5.99. The number of aliphatic hydroxyl groups is 1. The molecular formula is C13H15Cl2NO3. The standard InChI is InChI=1S/C13H15Cl2NO3/c1-19-12-10(14)5-8(6-11(12)15)13(18)16-4-2-3-9(16)7-17/h5-6,9,17H,2-4,7H2,1H3/t9-/m0/s1. The number of hydrogen-bond acceptors (Lipinski definition) is 3. The zero-order chi connectivity index (χ0) is 14.0. The molecule has 6 heteroatoms. The smallest absolute Gasteiger partial charge is 0.254 e. The first kappa shape index (κ1) is 14.4. The first-order valence-electron chi connectivity index (χ1n) is 6.03. The molecule has 1 amide bonds. The predicted octanol–water partition coefficient (Wildman–Crippen LogP) is 2.60. The van der Waals surface area contributed by atoms with E-state index in [2.05, 4.69) is 0 Å². The third-order valence-corrected chi connectivity index (χ3v) is 3.86. The van der Waals surface area contributed by atoms with E-state index < -0.39 is 0 Å². The van der Waals surface area contributed by atoms with Crippen molar-refractivity contribution in [2.24, 2.45) is 0 Å². The Labute approximate surface area is 121 Å². The van der Waals surface area contributed by atoms with Gasteiger partial charge in [0.05, 0.1) is 29.8 Å². The fourth-order valence-electron chi connectivity index (χ4n) is 2.34. The van der Waals surface area contributed by atoms with Crippen LogP contribution in [0.5, 0.6) is 5.75 Å². The van der Waals surface area contributed by atoms with Crippen molar-refractivity contribution in [3.05, 3.63) is 27.7 Å². The van der Waals surface area contributed by atoms with Gasteiger partial charge in [-0.1, -0.05) is 23.2 Å². The van der Waals surface area contributed by atoms with Crippen LogP contribution < -0.4 is 4.74 Å². The number of aliphatic hydroxyl groups excluding tert-OH is 1. The van der Waals surface area contributed by atoms with Gasteiger partial charge in [-0.15, -0.1) is 0 Å². The van der Waals surface area contributed by atoms with Gasteiger partial charge in [-0.25, -0.2) is 0 Å². The van der Waals surface area contributed by atoms with E-state index in [-0.39, 0.29) is 18.6 Å². The molecule has 0 radical (unpaired) electrons. The van der Waals surface area contributed by atoms with Gasteiger partial charge in [0.1, 0.15) is 0 Å². The first-order chi connectivity index (χ1) is 9.08. The maximum atomic E-state index is 12.4. The lowest BCUT2D eigenvalue weighted by atomic mass is 10.1. The van der Waals surface area contributed by atoms with Crippen molar-refractivity contribution in [2.75, 3.05) is 20.3 Å². The van der Waals surface area contributed by atoms with E-state index >= 15 is 0 Å². The summed E-state index contributed by atoms with van der Waals surface area (Å²) in [6.45, 7) is 0.620. The molecule has 4 nitrogen and oxygen atoms in total. The van der Waals surface area contributed by atoms with E-state index in [9.17, 15) is 9.90 Å². The fraction of sp³-hybridized carbons (Fsp3) is 0.462. The van der Waals surface area contributed by atoms with Crippen molar-refractivity contribution in [1.29, 1.82) is 0 Å². The Morgan fingerprint density at radius 2 is 2.11 bits per heavy atom. The number of carbonyl (C=O) groups is 1. The molecule has 1 fully saturated rings. The molecule has 1 aliphatic rings. The Morgan fingerprint density at radius 1 is 1.47 bits per heavy atom. The van der Waals surface area contributed by atoms with Gasteiger partial charge in [-0.2, -0.15) is 0 Å². The number of hydrogen-bond donors (Lipinski definition) is 1. The Hall–Kier alpha value is -0.970. The number of ether oxygens (including phenoxy) is 1. The molecule has 104 valence electrons. The fourth-order valence-corrected chi connectivity index (χ4v) is 2.98. The van der Waals surface area contributed by atoms with Crippen LogP contribution in [0, 0.1) is 0 Å². The van der Waals surface area contributed by atoms with Crippen molar-refractivity contribution < 1.29 is 14.6 Å². The summed E-state index contributed by atoms with van der Waals surface area (Å²) < 4.78 is 5.05. The number of carbonyl (C=O) groups excluding carboxylic acids is 1. The summed E-state index contributed by atoms with van der Waals surface area (Å²) in [4.78, 5) is 14.0. The Morgan fingerprint density at radius 3 is 2.63 bits per heavy atom. The normalized spacial score (nSPS) is 18.7. The molecule has 1 saturated heterocycles. The van der Waals surface area contributed by atoms with Gasteiger partial charge < -0.3 is 14.7 Å². The van der Waals surface area contributed by atoms with E-state index in [1.165, 1.54) is 7.11 Å². The van der Waals surface area contributed by atoms with Crippen LogP contribution in [0.4, 0.5) is 0 Å². The summed E-state index contributed by atoms with van der Waals surface area (Å²) in [7, 11) is 1.47. The summed E-state index contributed by atoms with van der Waals surface area (Å²) in [6, 6.07) is 2.97. The molecule has 0 aliphatic carbocycles. The lowest BCUT2D eigenvalue weighted by molar-refractivity contribution is 0.0677. The predicted molar refractivity (Wildman–Crippen MR) is 74.2 cm³/mol. The highest BCUT2D eigenvalue weighted by molar-refractivity contribution is 6.37. The van der Waals surface area contributed by atoms with E-state index in [0.29, 0.717) is 27.9 Å². The van der Waals surface area contributed by atoms with Crippen molar-refractivity contribution in [1.82, 2.24) is 4.90 Å². The summed E-state index contributed by atoms with van der Waals surface area (Å²) in [5.74, 6) is 0.197. The lowest BCUT2D eigenvalue weighted by Crippen LogP contribution is -2.37. The molecule has 0 aromatic heterocycles. The highest BCUT2D eigenvalue weighted by atomic mass is 35.5. The molecule has 2 rings (SSSR count). The molecule has 0 unspecified atom stereocenters. The number of likely N-dealkylation sites (tertiary alicyclic amines) is 1. The zero-order valence-corrected chi connectivity index (χ0v) is 12.0. The number of benzene rings is 1. The van der Waals surface area contributed by atoms with Crippen LogP contribution in [0.3, 0.4) is 0 Å². The molecule has 0 spiro atoms. The van der Waals surface area contributed by atoms with E-state index in [1.807, 2.05) is 0 Å². The molecular weight excluding hydrogens is 289 g/mol. The third kappa shape index (κ3) is 2.81. The molecule has 0 bridgehead atoms. The molecule has 1 aromatic rings. The number of halogens is 2. The maximum absolute atomic E-state index is 12.4. The van der Waals surface area contributed by atoms with Crippen LogP contribution in [0.15, 0.2) is 12.1 Å². The van der Waals surface area contributed by atoms with Gasteiger partial charge in [0, 0.05) is 12.1 Å². The van der Waals surface area contributed by atoms with Crippen molar-refractivity contribution in [3.63, 3.8) is 0 Å². The number of methoxy groups -OCH3 is 1. The van der Waals surface area contributed by atoms with Crippen molar-refractivity contribution >= 4 is 29.1 Å². The molecule has 1 aliphatic heterocycles. The van der Waals surface area contributed by atoms with Gasteiger partial charge in [-0.05, 0) is 25.0 Å². The minimum Gasteiger partial charge on any atom is -0.494 e. The number of nitrogens with zero attached hydrogens (tertiary/aromatic N) is 1. The van der Waals surface area contributed by atoms with Gasteiger partial charge in [0.25, 0.3) is 5.91 Å². The second-order valence-corrected chi connectivity index (χ2v) is 5.26. The topological polar surface area (TPSA) is 49.8 Å². The molecule has 1 heterocycles. The Kier molecular flexibility index (Phi) is 4.55. The second-order valence-electron chi connectivity index (χ2n) is 4.45. The SMILES string of the molecule is COc1c(Cl)cc(C(=O)N2CCC[C@H]2CO)cc1Cl. The molecule has 1 N–H and O–H groups in total. The quantitative estimate of drug-likeness (QED) is 0.934. The van der Waals surface area contributed by atoms with Crippen LogP contribution in [0.2, 0.25) is 10.0 Å². The minimum absolute atomic E-state index is 0.0244. The first-order valence-corrected chi connectivity index (χ1v) is 6.79. The zero-order valence-electron chi connectivity index (χ0n) is 10.5. The molecule has 1 aromatic carbocycles. The van der Waals surface area contributed by atoms with Crippen LogP contribution in [0.1, 0.15) is 23.2 Å². The average molecular weight is 304 g/mol. The van der Waals surface area contributed by atoms with Crippen LogP contribution in [-0.2, 0) is 0 Å². The highest BCUT2D eigenvalue weighted by Gasteiger charge is 2.29. The minimum atomic E-state index is -0.164. The van der Waals surface area contributed by atoms with Crippen LogP contribution in [0.25, 0.3) is 0 Å². The molecule has 19 heavy (non-hydrogen) atoms. The van der Waals surface area contributed by atoms with Crippen LogP contribution in [-0.4, -0.2) is 42.2 Å². The molecule has 1 atom stereocenters. The number of rotatable bonds is 3. The van der Waals surface area contributed by atoms with Gasteiger partial charge in [0.15, 0.2) is 5.75 Å². The summed E-state index contributed by atoms with van der Waals surface area (Å²) in [6.07, 6.45) is 1.72. The monoisotopic (exact) mass is 303 g/mol. The Bertz CT molecular complexity index is 470. The van der Waals surface area contributed by atoms with E-state index in [0.717, 1.165) is 12.8 Å². The third-order valence-electron chi connectivity index (χ3n) is 3.30. The highest BCUT2D eigenvalue weighted by Crippen LogP contribution is 2.34. The van der Waals surface area contributed by atoms with E-state index in [1.54, 1.807) is 17.0 Å². The number of amides is 1. The average Bonchev–Trinajstić information content (AvgIpc) is 2.85. The van der Waals surface area contributed by atoms with Crippen molar-refractivity contribution in [3.8, 4) is 5.75 Å². The summed E-state index contributed by atoms with van der Waals surface area (Å²) in [5, 5.41) is 9.87.